The number of carbonyl (C=O) groups excluding carboxylic acids is 1. The molecule has 0 N–H and O–H groups in total. The van der Waals surface area contributed by atoms with Crippen molar-refractivity contribution < 1.29 is 4.79 Å². The van der Waals surface area contributed by atoms with Gasteiger partial charge in [0.15, 0.2) is 5.82 Å². The zero-order valence-corrected chi connectivity index (χ0v) is 11.7. The first-order valence-corrected chi connectivity index (χ1v) is 6.83. The second-order valence-corrected chi connectivity index (χ2v) is 5.49. The first kappa shape index (κ1) is 12.4. The summed E-state index contributed by atoms with van der Waals surface area (Å²) in [6, 6.07) is 7.90. The lowest BCUT2D eigenvalue weighted by Gasteiger charge is -2.02. The van der Waals surface area contributed by atoms with Crippen LogP contribution in [0.15, 0.2) is 46.0 Å². The van der Waals surface area contributed by atoms with Gasteiger partial charge in [-0.2, -0.15) is 0 Å². The highest BCUT2D eigenvalue weighted by molar-refractivity contribution is 9.10. The number of thioether (sulfide) groups is 1. The van der Waals surface area contributed by atoms with Crippen molar-refractivity contribution in [3.8, 4) is 0 Å². The van der Waals surface area contributed by atoms with Crippen LogP contribution in [0.3, 0.4) is 0 Å². The van der Waals surface area contributed by atoms with E-state index in [0.29, 0.717) is 11.6 Å². The molecule has 88 valence electrons. The largest absolute Gasteiger partial charge is 0.332 e. The Morgan fingerprint density at radius 2 is 2.12 bits per heavy atom. The van der Waals surface area contributed by atoms with Crippen LogP contribution in [0, 0.1) is 0 Å². The molecule has 0 aliphatic carbocycles. The quantitative estimate of drug-likeness (QED) is 0.642. The SMILES string of the molecule is Cn1ccnc1C(=O)CSc1ccc(Br)cc1. The van der Waals surface area contributed by atoms with Crippen molar-refractivity contribution in [1.82, 2.24) is 9.55 Å². The van der Waals surface area contributed by atoms with Crippen molar-refractivity contribution in [2.24, 2.45) is 7.05 Å². The highest BCUT2D eigenvalue weighted by atomic mass is 79.9. The molecule has 0 radical (unpaired) electrons. The molecule has 2 aromatic rings. The lowest BCUT2D eigenvalue weighted by atomic mass is 10.4. The standard InChI is InChI=1S/C12H11BrN2OS/c1-15-7-6-14-12(15)11(16)8-17-10-4-2-9(13)3-5-10/h2-7H,8H2,1H3. The maximum atomic E-state index is 11.9. The molecule has 0 unspecified atom stereocenters. The fourth-order valence-electron chi connectivity index (χ4n) is 1.38. The molecule has 0 atom stereocenters. The van der Waals surface area contributed by atoms with Gasteiger partial charge in [-0.1, -0.05) is 15.9 Å². The molecule has 0 aliphatic heterocycles. The fraction of sp³-hybridized carbons (Fsp3) is 0.167. The summed E-state index contributed by atoms with van der Waals surface area (Å²) < 4.78 is 2.78. The maximum Gasteiger partial charge on any atom is 0.208 e. The van der Waals surface area contributed by atoms with Crippen LogP contribution < -0.4 is 0 Å². The minimum absolute atomic E-state index is 0.0467. The van der Waals surface area contributed by atoms with Crippen LogP contribution in [-0.2, 0) is 7.05 Å². The van der Waals surface area contributed by atoms with Crippen LogP contribution in [0.25, 0.3) is 0 Å². The van der Waals surface area contributed by atoms with Crippen molar-refractivity contribution >= 4 is 33.5 Å². The number of hydrogen-bond donors (Lipinski definition) is 0. The Morgan fingerprint density at radius 3 is 2.71 bits per heavy atom. The molecular weight excluding hydrogens is 300 g/mol. The summed E-state index contributed by atoms with van der Waals surface area (Å²) in [5.41, 5.74) is 0. The lowest BCUT2D eigenvalue weighted by molar-refractivity contribution is 0.101. The highest BCUT2D eigenvalue weighted by Crippen LogP contribution is 2.21. The van der Waals surface area contributed by atoms with Gasteiger partial charge in [-0.15, -0.1) is 11.8 Å². The van der Waals surface area contributed by atoms with Gasteiger partial charge in [0.1, 0.15) is 0 Å². The van der Waals surface area contributed by atoms with E-state index >= 15 is 0 Å². The molecule has 0 bridgehead atoms. The van der Waals surface area contributed by atoms with Gasteiger partial charge in [-0.25, -0.2) is 4.98 Å². The number of carbonyl (C=O) groups is 1. The van der Waals surface area contributed by atoms with Gasteiger partial charge in [0, 0.05) is 28.8 Å². The Balaban J connectivity index is 1.97. The van der Waals surface area contributed by atoms with E-state index in [2.05, 4.69) is 20.9 Å². The lowest BCUT2D eigenvalue weighted by Crippen LogP contribution is -2.09. The van der Waals surface area contributed by atoms with Crippen LogP contribution >= 0.6 is 27.7 Å². The maximum absolute atomic E-state index is 11.9. The molecule has 1 aromatic carbocycles. The molecule has 5 heteroatoms. The predicted molar refractivity (Wildman–Crippen MR) is 72.4 cm³/mol. The molecule has 0 amide bonds. The number of benzene rings is 1. The summed E-state index contributed by atoms with van der Waals surface area (Å²) in [6.45, 7) is 0. The van der Waals surface area contributed by atoms with Crippen LogP contribution in [0.5, 0.6) is 0 Å². The summed E-state index contributed by atoms with van der Waals surface area (Å²) >= 11 is 4.90. The highest BCUT2D eigenvalue weighted by Gasteiger charge is 2.10. The second-order valence-electron chi connectivity index (χ2n) is 3.53. The Bertz CT molecular complexity index is 522. The summed E-state index contributed by atoms with van der Waals surface area (Å²) in [5.74, 6) is 0.965. The molecule has 0 aliphatic rings. The predicted octanol–water partition coefficient (Wildman–Crippen LogP) is 3.16. The normalized spacial score (nSPS) is 10.5. The molecule has 0 fully saturated rings. The number of rotatable bonds is 4. The molecule has 2 rings (SSSR count). The van der Waals surface area contributed by atoms with E-state index in [1.807, 2.05) is 31.3 Å². The van der Waals surface area contributed by atoms with Gasteiger partial charge in [0.2, 0.25) is 5.78 Å². The van der Waals surface area contributed by atoms with E-state index in [1.54, 1.807) is 17.0 Å². The summed E-state index contributed by atoms with van der Waals surface area (Å²) in [5, 5.41) is 0. The van der Waals surface area contributed by atoms with Crippen LogP contribution in [0.1, 0.15) is 10.6 Å². The monoisotopic (exact) mass is 310 g/mol. The molecule has 17 heavy (non-hydrogen) atoms. The van der Waals surface area contributed by atoms with E-state index in [0.717, 1.165) is 9.37 Å². The number of halogens is 1. The Hall–Kier alpha value is -1.07. The van der Waals surface area contributed by atoms with Gasteiger partial charge in [-0.05, 0) is 24.3 Å². The fourth-order valence-corrected chi connectivity index (χ4v) is 2.40. The Labute approximate surface area is 112 Å². The Morgan fingerprint density at radius 1 is 1.41 bits per heavy atom. The van der Waals surface area contributed by atoms with Crippen molar-refractivity contribution in [3.63, 3.8) is 0 Å². The first-order valence-electron chi connectivity index (χ1n) is 5.05. The molecule has 1 aromatic heterocycles. The van der Waals surface area contributed by atoms with Crippen molar-refractivity contribution in [1.29, 1.82) is 0 Å². The zero-order valence-electron chi connectivity index (χ0n) is 9.26. The van der Waals surface area contributed by atoms with Crippen molar-refractivity contribution in [2.75, 3.05) is 5.75 Å². The van der Waals surface area contributed by atoms with E-state index < -0.39 is 0 Å². The summed E-state index contributed by atoms with van der Waals surface area (Å²) in [4.78, 5) is 17.0. The van der Waals surface area contributed by atoms with E-state index in [-0.39, 0.29) is 5.78 Å². The third-order valence-electron chi connectivity index (χ3n) is 2.25. The number of imidazole rings is 1. The summed E-state index contributed by atoms with van der Waals surface area (Å²) in [7, 11) is 1.82. The number of hydrogen-bond acceptors (Lipinski definition) is 3. The van der Waals surface area contributed by atoms with Crippen molar-refractivity contribution in [2.45, 2.75) is 4.90 Å². The van der Waals surface area contributed by atoms with Gasteiger partial charge >= 0.3 is 0 Å². The molecule has 0 saturated heterocycles. The Kier molecular flexibility index (Phi) is 4.02. The first-order chi connectivity index (χ1) is 8.16. The van der Waals surface area contributed by atoms with Crippen molar-refractivity contribution in [3.05, 3.63) is 47.0 Å². The third-order valence-corrected chi connectivity index (χ3v) is 3.79. The number of nitrogens with zero attached hydrogens (tertiary/aromatic N) is 2. The van der Waals surface area contributed by atoms with E-state index in [1.165, 1.54) is 11.8 Å². The van der Waals surface area contributed by atoms with E-state index in [9.17, 15) is 4.79 Å². The topological polar surface area (TPSA) is 34.9 Å². The summed E-state index contributed by atoms with van der Waals surface area (Å²) in [6.07, 6.45) is 3.41. The third kappa shape index (κ3) is 3.20. The van der Waals surface area contributed by atoms with E-state index in [4.69, 9.17) is 0 Å². The van der Waals surface area contributed by atoms with Gasteiger partial charge in [0.05, 0.1) is 5.75 Å². The van der Waals surface area contributed by atoms with Gasteiger partial charge in [-0.3, -0.25) is 4.79 Å². The average Bonchev–Trinajstić information content (AvgIpc) is 2.74. The molecule has 0 spiro atoms. The van der Waals surface area contributed by atoms with Crippen LogP contribution in [0.2, 0.25) is 0 Å². The van der Waals surface area contributed by atoms with Gasteiger partial charge < -0.3 is 4.57 Å². The number of ketones is 1. The smallest absolute Gasteiger partial charge is 0.208 e. The second kappa shape index (κ2) is 5.51. The van der Waals surface area contributed by atoms with Gasteiger partial charge in [0.25, 0.3) is 0 Å². The molecule has 1 heterocycles. The van der Waals surface area contributed by atoms with Crippen LogP contribution in [0.4, 0.5) is 0 Å². The average molecular weight is 311 g/mol. The molecule has 3 nitrogen and oxygen atoms in total. The number of Topliss-reactive ketones (excluding diaryl/α,β-unsaturated/α-hetero) is 1. The van der Waals surface area contributed by atoms with Crippen LogP contribution in [-0.4, -0.2) is 21.1 Å². The molecular formula is C12H11BrN2OS. The number of aryl methyl sites for hydroxylation is 1. The minimum Gasteiger partial charge on any atom is -0.332 e. The molecule has 0 saturated carbocycles. The minimum atomic E-state index is 0.0467. The number of aromatic nitrogens is 2. The zero-order chi connectivity index (χ0) is 12.3.